The number of aromatic nitrogens is 5. The van der Waals surface area contributed by atoms with Crippen LogP contribution in [0.1, 0.15) is 81.5 Å². The molecule has 4 heterocycles. The second-order valence-electron chi connectivity index (χ2n) is 12.4. The van der Waals surface area contributed by atoms with Crippen LogP contribution in [0.2, 0.25) is 0 Å². The monoisotopic (exact) mass is 601 g/mol. The van der Waals surface area contributed by atoms with Crippen molar-refractivity contribution in [1.82, 2.24) is 29.9 Å². The van der Waals surface area contributed by atoms with Crippen LogP contribution in [-0.4, -0.2) is 72.4 Å². The highest BCUT2D eigenvalue weighted by Crippen LogP contribution is 2.37. The van der Waals surface area contributed by atoms with Crippen LogP contribution in [0.25, 0.3) is 16.3 Å². The molecule has 4 atom stereocenters. The van der Waals surface area contributed by atoms with Crippen LogP contribution in [-0.2, 0) is 11.3 Å². The molecule has 1 saturated heterocycles. The molecule has 9 nitrogen and oxygen atoms in total. The summed E-state index contributed by atoms with van der Waals surface area (Å²) >= 11 is 1.68. The normalized spacial score (nSPS) is 24.5. The Kier molecular flexibility index (Phi) is 9.18. The van der Waals surface area contributed by atoms with E-state index in [1.807, 2.05) is 36.5 Å². The van der Waals surface area contributed by atoms with Crippen molar-refractivity contribution in [1.29, 1.82) is 0 Å². The summed E-state index contributed by atoms with van der Waals surface area (Å²) in [6.45, 7) is 11.5. The van der Waals surface area contributed by atoms with Crippen LogP contribution >= 0.6 is 11.3 Å². The number of anilines is 1. The van der Waals surface area contributed by atoms with Gasteiger partial charge in [-0.3, -0.25) is 4.90 Å². The number of rotatable bonds is 9. The van der Waals surface area contributed by atoms with E-state index in [0.717, 1.165) is 78.1 Å². The zero-order chi connectivity index (χ0) is 29.9. The average molecular weight is 602 g/mol. The summed E-state index contributed by atoms with van der Waals surface area (Å²) in [4.78, 5) is 15.1. The summed E-state index contributed by atoms with van der Waals surface area (Å²) in [7, 11) is 0. The van der Waals surface area contributed by atoms with Crippen LogP contribution in [0.15, 0.2) is 54.9 Å². The molecular formula is C33H43N7O2S. The van der Waals surface area contributed by atoms with Crippen LogP contribution in [0.5, 0.6) is 0 Å². The van der Waals surface area contributed by atoms with Crippen LogP contribution in [0.4, 0.5) is 5.82 Å². The molecule has 6 rings (SSSR count). The molecule has 2 aliphatic rings. The van der Waals surface area contributed by atoms with Gasteiger partial charge in [0, 0.05) is 49.4 Å². The molecule has 43 heavy (non-hydrogen) atoms. The maximum Gasteiger partial charge on any atom is 0.126 e. The topological polar surface area (TPSA) is 101 Å². The summed E-state index contributed by atoms with van der Waals surface area (Å²) in [5.41, 5.74) is 4.09. The van der Waals surface area contributed by atoms with Crippen molar-refractivity contribution < 1.29 is 9.84 Å². The molecule has 1 aliphatic carbocycles. The minimum Gasteiger partial charge on any atom is -0.393 e. The van der Waals surface area contributed by atoms with Crippen molar-refractivity contribution in [3.8, 4) is 16.3 Å². The largest absolute Gasteiger partial charge is 0.393 e. The van der Waals surface area contributed by atoms with Crippen LogP contribution in [0, 0.1) is 0 Å². The molecule has 10 heteroatoms. The van der Waals surface area contributed by atoms with Crippen molar-refractivity contribution in [2.45, 2.75) is 96.1 Å². The number of morpholine rings is 1. The number of thiazole rings is 1. The Morgan fingerprint density at radius 3 is 2.49 bits per heavy atom. The zero-order valence-corrected chi connectivity index (χ0v) is 26.4. The summed E-state index contributed by atoms with van der Waals surface area (Å²) in [6.07, 6.45) is 7.60. The first kappa shape index (κ1) is 29.9. The van der Waals surface area contributed by atoms with E-state index in [1.165, 1.54) is 5.56 Å². The minimum atomic E-state index is -0.176. The molecule has 228 valence electrons. The van der Waals surface area contributed by atoms with Gasteiger partial charge in [0.15, 0.2) is 0 Å². The summed E-state index contributed by atoms with van der Waals surface area (Å²) in [5.74, 6) is 1.27. The van der Waals surface area contributed by atoms with E-state index in [-0.39, 0.29) is 30.1 Å². The molecule has 2 unspecified atom stereocenters. The van der Waals surface area contributed by atoms with Gasteiger partial charge in [0.1, 0.15) is 11.5 Å². The van der Waals surface area contributed by atoms with Gasteiger partial charge in [-0.15, -0.1) is 16.4 Å². The highest BCUT2D eigenvalue weighted by molar-refractivity contribution is 7.15. The van der Waals surface area contributed by atoms with Crippen molar-refractivity contribution in [3.05, 3.63) is 71.1 Å². The zero-order valence-electron chi connectivity index (χ0n) is 25.6. The average Bonchev–Trinajstić information content (AvgIpc) is 3.68. The second kappa shape index (κ2) is 13.2. The predicted octanol–water partition coefficient (Wildman–Crippen LogP) is 6.02. The van der Waals surface area contributed by atoms with E-state index < -0.39 is 0 Å². The molecule has 1 saturated carbocycles. The molecule has 1 aliphatic heterocycles. The van der Waals surface area contributed by atoms with E-state index in [0.29, 0.717) is 6.04 Å². The number of nitrogens with zero attached hydrogens (tertiary/aromatic N) is 6. The molecule has 1 aromatic carbocycles. The molecule has 4 aromatic rings. The number of aliphatic hydroxyl groups is 1. The number of nitrogens with one attached hydrogen (secondary N) is 1. The summed E-state index contributed by atoms with van der Waals surface area (Å²) < 4.78 is 5.98. The molecule has 0 amide bonds. The smallest absolute Gasteiger partial charge is 0.126 e. The van der Waals surface area contributed by atoms with Crippen molar-refractivity contribution in [3.63, 3.8) is 0 Å². The number of para-hydroxylation sites is 1. The molecule has 0 spiro atoms. The summed E-state index contributed by atoms with van der Waals surface area (Å²) in [6, 6.07) is 14.8. The Morgan fingerprint density at radius 1 is 1.00 bits per heavy atom. The molecule has 2 fully saturated rings. The van der Waals surface area contributed by atoms with Crippen LogP contribution < -0.4 is 5.32 Å². The van der Waals surface area contributed by atoms with Gasteiger partial charge >= 0.3 is 0 Å². The molecule has 0 radical (unpaired) electrons. The molecule has 2 N–H and O–H groups in total. The lowest BCUT2D eigenvalue weighted by molar-refractivity contribution is -0.0704. The van der Waals surface area contributed by atoms with Crippen molar-refractivity contribution in [2.75, 3.05) is 18.4 Å². The Labute approximate surface area is 258 Å². The quantitative estimate of drug-likeness (QED) is 0.240. The third-order valence-corrected chi connectivity index (χ3v) is 9.94. The third kappa shape index (κ3) is 7.32. The van der Waals surface area contributed by atoms with Gasteiger partial charge in [-0.2, -0.15) is 9.90 Å². The molecule has 3 aromatic heterocycles. The number of hydrogen-bond acceptors (Lipinski definition) is 9. The number of ether oxygens (including phenoxy) is 1. The van der Waals surface area contributed by atoms with Crippen molar-refractivity contribution in [2.24, 2.45) is 0 Å². The van der Waals surface area contributed by atoms with E-state index in [2.05, 4.69) is 55.1 Å². The maximum atomic E-state index is 10.0. The van der Waals surface area contributed by atoms with E-state index in [4.69, 9.17) is 19.8 Å². The van der Waals surface area contributed by atoms with E-state index in [9.17, 15) is 5.11 Å². The van der Waals surface area contributed by atoms with Gasteiger partial charge in [0.2, 0.25) is 0 Å². The van der Waals surface area contributed by atoms with Gasteiger partial charge < -0.3 is 15.2 Å². The van der Waals surface area contributed by atoms with Gasteiger partial charge in [0.25, 0.3) is 0 Å². The number of benzene rings is 1. The highest BCUT2D eigenvalue weighted by Gasteiger charge is 2.26. The van der Waals surface area contributed by atoms with Gasteiger partial charge in [-0.05, 0) is 69.4 Å². The standard InChI is InChI=1S/C33H43N7O2S/c1-21-18-39(19-22(2)42-21)20-25-14-29(37-32(15-25)36-26-10-12-28(41)13-11-26)23(3)24(4)33-34-17-31(43-33)30-16-35-40(38-30)27-8-6-5-7-9-27/h5-9,14-17,21-24,26,28,41H,10-13,18-20H2,1-4H3,(H,36,37)/t21-,22+,23?,24?,26-,28-. The fourth-order valence-corrected chi connectivity index (χ4v) is 7.28. The van der Waals surface area contributed by atoms with Crippen LogP contribution in [0.3, 0.4) is 0 Å². The van der Waals surface area contributed by atoms with E-state index >= 15 is 0 Å². The Balaban J connectivity index is 1.22. The fraction of sp³-hybridized carbons (Fsp3) is 0.515. The lowest BCUT2D eigenvalue weighted by atomic mass is 9.91. The molecular weight excluding hydrogens is 558 g/mol. The first-order chi connectivity index (χ1) is 20.8. The first-order valence-electron chi connectivity index (χ1n) is 15.6. The Hall–Kier alpha value is -3.18. The fourth-order valence-electron chi connectivity index (χ4n) is 6.26. The Morgan fingerprint density at radius 2 is 1.74 bits per heavy atom. The molecule has 0 bridgehead atoms. The number of hydrogen-bond donors (Lipinski definition) is 2. The predicted molar refractivity (Wildman–Crippen MR) is 171 cm³/mol. The van der Waals surface area contributed by atoms with E-state index in [1.54, 1.807) is 22.3 Å². The lowest BCUT2D eigenvalue weighted by Gasteiger charge is -2.35. The lowest BCUT2D eigenvalue weighted by Crippen LogP contribution is -2.44. The Bertz CT molecular complexity index is 1470. The SMILES string of the molecule is CC(c1cc(CN2C[C@@H](C)O[C@@H](C)C2)cc(N[C@H]2CC[C@H](O)CC2)n1)C(C)c1ncc(-c2cnn(-c3ccccc3)n2)s1. The highest BCUT2D eigenvalue weighted by atomic mass is 32.1. The van der Waals surface area contributed by atoms with Gasteiger partial charge in [-0.25, -0.2) is 9.97 Å². The number of pyridine rings is 1. The first-order valence-corrected chi connectivity index (χ1v) is 16.4. The third-order valence-electron chi connectivity index (χ3n) is 8.72. The number of aliphatic hydroxyl groups excluding tert-OH is 1. The second-order valence-corrected chi connectivity index (χ2v) is 13.4. The van der Waals surface area contributed by atoms with Gasteiger partial charge in [0.05, 0.1) is 40.1 Å². The van der Waals surface area contributed by atoms with Gasteiger partial charge in [-0.1, -0.05) is 32.0 Å². The minimum absolute atomic E-state index is 0.162. The maximum absolute atomic E-state index is 10.0. The summed E-state index contributed by atoms with van der Waals surface area (Å²) in [5, 5.41) is 24.0. The van der Waals surface area contributed by atoms with Crippen molar-refractivity contribution >= 4 is 17.2 Å².